The maximum Gasteiger partial charge on any atom is 0.244 e. The first kappa shape index (κ1) is 21.5. The molecule has 0 radical (unpaired) electrons. The van der Waals surface area contributed by atoms with Gasteiger partial charge in [-0.1, -0.05) is 24.6 Å². The van der Waals surface area contributed by atoms with Gasteiger partial charge in [0.15, 0.2) is 0 Å². The van der Waals surface area contributed by atoms with Gasteiger partial charge in [0.2, 0.25) is 11.8 Å². The number of para-hydroxylation sites is 1. The number of nitrogens with one attached hydrogen (secondary N) is 1. The van der Waals surface area contributed by atoms with Gasteiger partial charge in [0.25, 0.3) is 0 Å². The van der Waals surface area contributed by atoms with Crippen molar-refractivity contribution in [1.29, 1.82) is 0 Å². The first-order valence-electron chi connectivity index (χ1n) is 8.81. The Hall–Kier alpha value is -1.59. The van der Waals surface area contributed by atoms with Gasteiger partial charge in [-0.25, -0.2) is 0 Å². The number of benzene rings is 1. The average molecular weight is 368 g/mol. The smallest absolute Gasteiger partial charge is 0.244 e. The molecule has 140 valence electrons. The minimum atomic E-state index is -0.154. The van der Waals surface area contributed by atoms with Gasteiger partial charge >= 0.3 is 0 Å². The van der Waals surface area contributed by atoms with Crippen LogP contribution in [-0.4, -0.2) is 35.8 Å². The van der Waals surface area contributed by atoms with Gasteiger partial charge in [0, 0.05) is 24.7 Å². The summed E-state index contributed by atoms with van der Waals surface area (Å²) in [5, 5.41) is 2.94. The second kappa shape index (κ2) is 9.78. The van der Waals surface area contributed by atoms with Crippen molar-refractivity contribution < 1.29 is 9.59 Å². The molecule has 0 unspecified atom stereocenters. The molecule has 0 aliphatic heterocycles. The van der Waals surface area contributed by atoms with E-state index in [1.807, 2.05) is 39.0 Å². The van der Waals surface area contributed by atoms with Crippen LogP contribution in [0.2, 0.25) is 0 Å². The summed E-state index contributed by atoms with van der Waals surface area (Å²) in [6.45, 7) is 6.45. The molecular formula is C19H30ClN3O2. The summed E-state index contributed by atoms with van der Waals surface area (Å²) in [5.74, 6) is 0.128. The number of amides is 2. The number of carbonyl (C=O) groups is 2. The summed E-state index contributed by atoms with van der Waals surface area (Å²) in [5.41, 5.74) is 8.94. The topological polar surface area (TPSA) is 75.4 Å². The molecule has 1 aliphatic carbocycles. The first-order valence-corrected chi connectivity index (χ1v) is 8.81. The molecule has 6 heteroatoms. The SMILES string of the molecule is CCN(CC(=O)Nc1c(C)cccc1C)C(=O)C[C@@H]1CCC[C@H]1N.Cl. The Morgan fingerprint density at radius 1 is 1.24 bits per heavy atom. The lowest BCUT2D eigenvalue weighted by atomic mass is 9.99. The fraction of sp³-hybridized carbons (Fsp3) is 0.579. The largest absolute Gasteiger partial charge is 0.334 e. The van der Waals surface area contributed by atoms with Crippen LogP contribution >= 0.6 is 12.4 Å². The molecule has 0 heterocycles. The van der Waals surface area contributed by atoms with Crippen molar-refractivity contribution in [2.45, 2.75) is 52.5 Å². The Bertz CT molecular complexity index is 586. The molecule has 2 amide bonds. The van der Waals surface area contributed by atoms with Crippen LogP contribution in [-0.2, 0) is 9.59 Å². The molecule has 0 bridgehead atoms. The maximum absolute atomic E-state index is 12.5. The molecule has 0 spiro atoms. The number of hydrogen-bond acceptors (Lipinski definition) is 3. The van der Waals surface area contributed by atoms with E-state index >= 15 is 0 Å². The van der Waals surface area contributed by atoms with Crippen molar-refractivity contribution in [2.75, 3.05) is 18.4 Å². The predicted octanol–water partition coefficient (Wildman–Crippen LogP) is 3.03. The number of likely N-dealkylation sites (N-methyl/N-ethyl adjacent to an activating group) is 1. The third-order valence-electron chi connectivity index (χ3n) is 4.97. The zero-order valence-electron chi connectivity index (χ0n) is 15.4. The number of halogens is 1. The zero-order chi connectivity index (χ0) is 17.7. The summed E-state index contributed by atoms with van der Waals surface area (Å²) < 4.78 is 0. The minimum Gasteiger partial charge on any atom is -0.334 e. The van der Waals surface area contributed by atoms with Gasteiger partial charge in [0.05, 0.1) is 6.54 Å². The van der Waals surface area contributed by atoms with Gasteiger partial charge in [0.1, 0.15) is 0 Å². The molecule has 0 saturated heterocycles. The number of anilines is 1. The summed E-state index contributed by atoms with van der Waals surface area (Å²) in [7, 11) is 0. The van der Waals surface area contributed by atoms with Gasteiger partial charge < -0.3 is 16.0 Å². The molecule has 1 aromatic carbocycles. The van der Waals surface area contributed by atoms with Crippen molar-refractivity contribution in [2.24, 2.45) is 11.7 Å². The Kier molecular flexibility index (Phi) is 8.39. The molecule has 5 nitrogen and oxygen atoms in total. The van der Waals surface area contributed by atoms with Crippen LogP contribution in [0.15, 0.2) is 18.2 Å². The van der Waals surface area contributed by atoms with Crippen LogP contribution in [0.3, 0.4) is 0 Å². The first-order chi connectivity index (χ1) is 11.4. The van der Waals surface area contributed by atoms with E-state index in [4.69, 9.17) is 5.73 Å². The number of carbonyl (C=O) groups excluding carboxylic acids is 2. The molecule has 1 fully saturated rings. The molecule has 25 heavy (non-hydrogen) atoms. The Labute approximate surface area is 156 Å². The Morgan fingerprint density at radius 2 is 1.88 bits per heavy atom. The lowest BCUT2D eigenvalue weighted by molar-refractivity contribution is -0.135. The van der Waals surface area contributed by atoms with Crippen LogP contribution < -0.4 is 11.1 Å². The van der Waals surface area contributed by atoms with Crippen molar-refractivity contribution in [3.63, 3.8) is 0 Å². The summed E-state index contributed by atoms with van der Waals surface area (Å²) in [4.78, 5) is 26.5. The molecule has 1 aliphatic rings. The van der Waals surface area contributed by atoms with E-state index in [1.54, 1.807) is 4.90 Å². The highest BCUT2D eigenvalue weighted by Crippen LogP contribution is 2.27. The fourth-order valence-corrected chi connectivity index (χ4v) is 3.41. The highest BCUT2D eigenvalue weighted by atomic mass is 35.5. The lowest BCUT2D eigenvalue weighted by Crippen LogP contribution is -2.40. The quantitative estimate of drug-likeness (QED) is 0.811. The van der Waals surface area contributed by atoms with Crippen LogP contribution in [0.1, 0.15) is 43.7 Å². The molecule has 2 atom stereocenters. The zero-order valence-corrected chi connectivity index (χ0v) is 16.2. The summed E-state index contributed by atoms with van der Waals surface area (Å²) >= 11 is 0. The Balaban J connectivity index is 0.00000312. The molecule has 0 aromatic heterocycles. The van der Waals surface area contributed by atoms with Crippen molar-refractivity contribution >= 4 is 29.9 Å². The van der Waals surface area contributed by atoms with Crippen molar-refractivity contribution in [3.05, 3.63) is 29.3 Å². The van der Waals surface area contributed by atoms with Crippen LogP contribution in [0.5, 0.6) is 0 Å². The van der Waals surface area contributed by atoms with Gasteiger partial charge in [-0.3, -0.25) is 9.59 Å². The fourth-order valence-electron chi connectivity index (χ4n) is 3.41. The van der Waals surface area contributed by atoms with Gasteiger partial charge in [-0.2, -0.15) is 0 Å². The van der Waals surface area contributed by atoms with E-state index in [0.29, 0.717) is 13.0 Å². The third-order valence-corrected chi connectivity index (χ3v) is 4.97. The molecular weight excluding hydrogens is 338 g/mol. The highest BCUT2D eigenvalue weighted by molar-refractivity contribution is 5.95. The number of aryl methyl sites for hydroxylation is 2. The monoisotopic (exact) mass is 367 g/mol. The van der Waals surface area contributed by atoms with E-state index in [2.05, 4.69) is 5.32 Å². The number of rotatable bonds is 6. The molecule has 1 aromatic rings. The van der Waals surface area contributed by atoms with Gasteiger partial charge in [-0.05, 0) is 50.7 Å². The van der Waals surface area contributed by atoms with Crippen molar-refractivity contribution in [3.8, 4) is 0 Å². The van der Waals surface area contributed by atoms with E-state index in [1.165, 1.54) is 0 Å². The number of nitrogens with zero attached hydrogens (tertiary/aromatic N) is 1. The third kappa shape index (κ3) is 5.72. The second-order valence-corrected chi connectivity index (χ2v) is 6.78. The van der Waals surface area contributed by atoms with Crippen LogP contribution in [0, 0.1) is 19.8 Å². The van der Waals surface area contributed by atoms with E-state index in [-0.39, 0.29) is 42.7 Å². The minimum absolute atomic E-state index is 0. The van der Waals surface area contributed by atoms with Crippen LogP contribution in [0.25, 0.3) is 0 Å². The lowest BCUT2D eigenvalue weighted by Gasteiger charge is -2.24. The molecule has 3 N–H and O–H groups in total. The van der Waals surface area contributed by atoms with Crippen LogP contribution in [0.4, 0.5) is 5.69 Å². The number of nitrogens with two attached hydrogens (primary N) is 1. The van der Waals surface area contributed by atoms with E-state index < -0.39 is 0 Å². The summed E-state index contributed by atoms with van der Waals surface area (Å²) in [6, 6.07) is 6.02. The number of hydrogen-bond donors (Lipinski definition) is 2. The Morgan fingerprint density at radius 3 is 2.40 bits per heavy atom. The van der Waals surface area contributed by atoms with Gasteiger partial charge in [-0.15, -0.1) is 12.4 Å². The predicted molar refractivity (Wildman–Crippen MR) is 104 cm³/mol. The normalized spacial score (nSPS) is 19.2. The highest BCUT2D eigenvalue weighted by Gasteiger charge is 2.28. The average Bonchev–Trinajstić information content (AvgIpc) is 2.93. The second-order valence-electron chi connectivity index (χ2n) is 6.78. The van der Waals surface area contributed by atoms with E-state index in [9.17, 15) is 9.59 Å². The van der Waals surface area contributed by atoms with Crippen molar-refractivity contribution in [1.82, 2.24) is 4.90 Å². The molecule has 1 saturated carbocycles. The summed E-state index contributed by atoms with van der Waals surface area (Å²) in [6.07, 6.45) is 3.56. The molecule has 2 rings (SSSR count). The van der Waals surface area contributed by atoms with E-state index in [0.717, 1.165) is 36.1 Å². The standard InChI is InChI=1S/C19H29N3O2.ClH/c1-4-22(18(24)11-15-9-6-10-16(15)20)12-17(23)21-19-13(2)7-5-8-14(19)3;/h5,7-8,15-16H,4,6,9-12,20H2,1-3H3,(H,21,23);1H/t15-,16+;/m0./s1. The maximum atomic E-state index is 12.5.